The second-order valence-corrected chi connectivity index (χ2v) is 4.92. The molecular formula is C14H11Cl2NO2. The first-order valence-corrected chi connectivity index (χ1v) is 6.29. The van der Waals surface area contributed by atoms with E-state index in [-0.39, 0.29) is 16.3 Å². The molecule has 98 valence electrons. The fourth-order valence-electron chi connectivity index (χ4n) is 1.61. The number of carbonyl (C=O) groups excluding carboxylic acids is 1. The van der Waals surface area contributed by atoms with Gasteiger partial charge < -0.3 is 10.4 Å². The van der Waals surface area contributed by atoms with Gasteiger partial charge in [-0.1, -0.05) is 29.3 Å². The van der Waals surface area contributed by atoms with Gasteiger partial charge in [0, 0.05) is 0 Å². The van der Waals surface area contributed by atoms with Gasteiger partial charge in [0.15, 0.2) is 0 Å². The van der Waals surface area contributed by atoms with E-state index in [4.69, 9.17) is 23.2 Å². The van der Waals surface area contributed by atoms with E-state index < -0.39 is 5.91 Å². The van der Waals surface area contributed by atoms with E-state index in [9.17, 15) is 9.90 Å². The number of phenols is 1. The van der Waals surface area contributed by atoms with Gasteiger partial charge in [0.2, 0.25) is 0 Å². The number of hydrogen-bond acceptors (Lipinski definition) is 2. The average molecular weight is 296 g/mol. The van der Waals surface area contributed by atoms with E-state index in [1.54, 1.807) is 12.1 Å². The molecule has 2 rings (SSSR count). The van der Waals surface area contributed by atoms with Crippen molar-refractivity contribution in [3.63, 3.8) is 0 Å². The molecule has 1 amide bonds. The molecule has 0 aliphatic rings. The third-order valence-electron chi connectivity index (χ3n) is 2.56. The Morgan fingerprint density at radius 2 is 1.79 bits per heavy atom. The second-order valence-electron chi connectivity index (χ2n) is 4.10. The molecule has 5 heteroatoms. The number of hydrogen-bond donors (Lipinski definition) is 2. The number of anilines is 1. The summed E-state index contributed by atoms with van der Waals surface area (Å²) in [6.45, 7) is 1.90. The Balaban J connectivity index is 2.30. The van der Waals surface area contributed by atoms with Crippen molar-refractivity contribution < 1.29 is 9.90 Å². The van der Waals surface area contributed by atoms with Gasteiger partial charge in [-0.05, 0) is 42.8 Å². The molecule has 0 saturated heterocycles. The third kappa shape index (κ3) is 3.19. The second kappa shape index (κ2) is 5.51. The number of carbonyl (C=O) groups is 1. The monoisotopic (exact) mass is 295 g/mol. The van der Waals surface area contributed by atoms with Gasteiger partial charge in [-0.2, -0.15) is 0 Å². The lowest BCUT2D eigenvalue weighted by molar-refractivity contribution is 0.102. The first-order chi connectivity index (χ1) is 8.97. The molecule has 0 unspecified atom stereocenters. The van der Waals surface area contributed by atoms with Gasteiger partial charge in [-0.25, -0.2) is 0 Å². The SMILES string of the molecule is Cc1ccc(Cl)c(NC(=O)c2cc(O)ccc2Cl)c1. The van der Waals surface area contributed by atoms with Crippen LogP contribution in [0.15, 0.2) is 36.4 Å². The molecule has 0 fully saturated rings. The van der Waals surface area contributed by atoms with Crippen LogP contribution >= 0.6 is 23.2 Å². The Kier molecular flexibility index (Phi) is 3.98. The number of aryl methyl sites for hydroxylation is 1. The lowest BCUT2D eigenvalue weighted by Gasteiger charge is -2.09. The lowest BCUT2D eigenvalue weighted by Crippen LogP contribution is -2.12. The number of rotatable bonds is 2. The average Bonchev–Trinajstić information content (AvgIpc) is 2.36. The Labute approximate surface area is 120 Å². The maximum absolute atomic E-state index is 12.1. The van der Waals surface area contributed by atoms with Crippen LogP contribution in [0.3, 0.4) is 0 Å². The number of amides is 1. The van der Waals surface area contributed by atoms with Gasteiger partial charge in [-0.3, -0.25) is 4.79 Å². The first kappa shape index (κ1) is 13.7. The van der Waals surface area contributed by atoms with Crippen LogP contribution < -0.4 is 5.32 Å². The Bertz CT molecular complexity index is 641. The van der Waals surface area contributed by atoms with E-state index >= 15 is 0 Å². The van der Waals surface area contributed by atoms with Crippen molar-refractivity contribution in [3.05, 3.63) is 57.6 Å². The van der Waals surface area contributed by atoms with Crippen LogP contribution in [0.1, 0.15) is 15.9 Å². The van der Waals surface area contributed by atoms with Crippen LogP contribution in [0.2, 0.25) is 10.0 Å². The maximum atomic E-state index is 12.1. The molecule has 0 atom stereocenters. The molecule has 19 heavy (non-hydrogen) atoms. The number of aromatic hydroxyl groups is 1. The van der Waals surface area contributed by atoms with Gasteiger partial charge >= 0.3 is 0 Å². The summed E-state index contributed by atoms with van der Waals surface area (Å²) in [6, 6.07) is 9.50. The van der Waals surface area contributed by atoms with Crippen molar-refractivity contribution in [3.8, 4) is 5.75 Å². The minimum absolute atomic E-state index is 0.0233. The molecule has 2 aromatic carbocycles. The van der Waals surface area contributed by atoms with Gasteiger partial charge in [-0.15, -0.1) is 0 Å². The van der Waals surface area contributed by atoms with Gasteiger partial charge in [0.05, 0.1) is 21.3 Å². The highest BCUT2D eigenvalue weighted by molar-refractivity contribution is 6.36. The number of halogens is 2. The molecule has 0 bridgehead atoms. The van der Waals surface area contributed by atoms with E-state index in [0.29, 0.717) is 10.7 Å². The van der Waals surface area contributed by atoms with Crippen molar-refractivity contribution in [1.82, 2.24) is 0 Å². The van der Waals surface area contributed by atoms with Crippen molar-refractivity contribution in [2.45, 2.75) is 6.92 Å². The van der Waals surface area contributed by atoms with Crippen molar-refractivity contribution in [2.24, 2.45) is 0 Å². The topological polar surface area (TPSA) is 49.3 Å². The highest BCUT2D eigenvalue weighted by Gasteiger charge is 2.13. The molecule has 2 N–H and O–H groups in total. The smallest absolute Gasteiger partial charge is 0.257 e. The summed E-state index contributed by atoms with van der Waals surface area (Å²) in [4.78, 5) is 12.1. The summed E-state index contributed by atoms with van der Waals surface area (Å²) in [5.41, 5.74) is 1.67. The minimum Gasteiger partial charge on any atom is -0.508 e. The van der Waals surface area contributed by atoms with Crippen molar-refractivity contribution >= 4 is 34.8 Å². The highest BCUT2D eigenvalue weighted by atomic mass is 35.5. The summed E-state index contributed by atoms with van der Waals surface area (Å²) in [5.74, 6) is -0.446. The summed E-state index contributed by atoms with van der Waals surface area (Å²) in [7, 11) is 0. The summed E-state index contributed by atoms with van der Waals surface area (Å²) in [6.07, 6.45) is 0. The predicted octanol–water partition coefficient (Wildman–Crippen LogP) is 4.26. The third-order valence-corrected chi connectivity index (χ3v) is 3.22. The zero-order valence-corrected chi connectivity index (χ0v) is 11.6. The zero-order chi connectivity index (χ0) is 14.0. The standard InChI is InChI=1S/C14H11Cl2NO2/c1-8-2-4-12(16)13(6-8)17-14(19)10-7-9(18)3-5-11(10)15/h2-7,18H,1H3,(H,17,19). The van der Waals surface area contributed by atoms with E-state index in [2.05, 4.69) is 5.32 Å². The molecule has 0 heterocycles. The van der Waals surface area contributed by atoms with E-state index in [0.717, 1.165) is 5.56 Å². The molecule has 2 aromatic rings. The number of nitrogens with one attached hydrogen (secondary N) is 1. The van der Waals surface area contributed by atoms with Crippen LogP contribution in [0.5, 0.6) is 5.75 Å². The minimum atomic E-state index is -0.423. The summed E-state index contributed by atoms with van der Waals surface area (Å²) >= 11 is 11.9. The van der Waals surface area contributed by atoms with Crippen LogP contribution in [-0.4, -0.2) is 11.0 Å². The summed E-state index contributed by atoms with van der Waals surface area (Å²) in [5, 5.41) is 12.8. The molecule has 0 saturated carbocycles. The van der Waals surface area contributed by atoms with Crippen LogP contribution in [0.25, 0.3) is 0 Å². The molecule has 0 aliphatic carbocycles. The predicted molar refractivity (Wildman–Crippen MR) is 77.3 cm³/mol. The largest absolute Gasteiger partial charge is 0.508 e. The van der Waals surface area contributed by atoms with Gasteiger partial charge in [0.25, 0.3) is 5.91 Å². The van der Waals surface area contributed by atoms with Crippen LogP contribution in [-0.2, 0) is 0 Å². The first-order valence-electron chi connectivity index (χ1n) is 5.53. The Morgan fingerprint density at radius 1 is 1.11 bits per heavy atom. The summed E-state index contributed by atoms with van der Waals surface area (Å²) < 4.78 is 0. The molecular weight excluding hydrogens is 285 g/mol. The van der Waals surface area contributed by atoms with Crippen molar-refractivity contribution in [1.29, 1.82) is 0 Å². The fraction of sp³-hybridized carbons (Fsp3) is 0.0714. The van der Waals surface area contributed by atoms with E-state index in [1.165, 1.54) is 18.2 Å². The molecule has 0 aliphatic heterocycles. The normalized spacial score (nSPS) is 10.3. The highest BCUT2D eigenvalue weighted by Crippen LogP contribution is 2.26. The van der Waals surface area contributed by atoms with Crippen molar-refractivity contribution in [2.75, 3.05) is 5.32 Å². The lowest BCUT2D eigenvalue weighted by atomic mass is 10.1. The molecule has 0 aromatic heterocycles. The number of phenolic OH excluding ortho intramolecular Hbond substituents is 1. The zero-order valence-electron chi connectivity index (χ0n) is 10.1. The van der Waals surface area contributed by atoms with Gasteiger partial charge in [0.1, 0.15) is 5.75 Å². The Hall–Kier alpha value is -1.71. The molecule has 3 nitrogen and oxygen atoms in total. The molecule has 0 spiro atoms. The number of benzene rings is 2. The molecule has 0 radical (unpaired) electrons. The van der Waals surface area contributed by atoms with Crippen LogP contribution in [0.4, 0.5) is 5.69 Å². The Morgan fingerprint density at radius 3 is 2.53 bits per heavy atom. The maximum Gasteiger partial charge on any atom is 0.257 e. The van der Waals surface area contributed by atoms with E-state index in [1.807, 2.05) is 13.0 Å². The fourth-order valence-corrected chi connectivity index (χ4v) is 1.98. The van der Waals surface area contributed by atoms with Crippen LogP contribution in [0, 0.1) is 6.92 Å². The quantitative estimate of drug-likeness (QED) is 0.870.